The number of carbonyl (C=O) groups is 1. The van der Waals surface area contributed by atoms with Crippen LogP contribution in [0.2, 0.25) is 0 Å². The van der Waals surface area contributed by atoms with Crippen LogP contribution < -0.4 is 10.9 Å². The summed E-state index contributed by atoms with van der Waals surface area (Å²) in [6, 6.07) is 14.9. The summed E-state index contributed by atoms with van der Waals surface area (Å²) in [6.07, 6.45) is 0. The van der Waals surface area contributed by atoms with E-state index < -0.39 is 0 Å². The molecule has 110 valence electrons. The van der Waals surface area contributed by atoms with Gasteiger partial charge in [0.15, 0.2) is 0 Å². The Labute approximate surface area is 127 Å². The molecular weight excluding hydrogens is 276 g/mol. The molecule has 0 saturated heterocycles. The Hall–Kier alpha value is -2.88. The first-order valence-corrected chi connectivity index (χ1v) is 7.06. The van der Waals surface area contributed by atoms with Crippen molar-refractivity contribution in [2.24, 2.45) is 0 Å². The first-order chi connectivity index (χ1) is 10.6. The van der Waals surface area contributed by atoms with Gasteiger partial charge in [0.2, 0.25) is 0 Å². The molecule has 0 spiro atoms. The molecule has 1 amide bonds. The number of fused-ring (bicyclic) bond motifs is 1. The molecule has 4 heteroatoms. The van der Waals surface area contributed by atoms with Gasteiger partial charge in [-0.1, -0.05) is 36.4 Å². The number of benzene rings is 2. The van der Waals surface area contributed by atoms with Gasteiger partial charge >= 0.3 is 0 Å². The Morgan fingerprint density at radius 1 is 1.00 bits per heavy atom. The summed E-state index contributed by atoms with van der Waals surface area (Å²) in [5, 5.41) is 3.69. The number of aryl methyl sites for hydroxylation is 2. The number of hydrogen-bond donors (Lipinski definition) is 2. The highest BCUT2D eigenvalue weighted by Crippen LogP contribution is 2.19. The molecule has 2 aromatic carbocycles. The SMILES string of the molecule is Cc1ccccc1NC(=O)c1c(C)c2ccccc2[nH]c1=O. The third-order valence-electron chi connectivity index (χ3n) is 3.80. The second-order valence-corrected chi connectivity index (χ2v) is 5.27. The third-order valence-corrected chi connectivity index (χ3v) is 3.80. The van der Waals surface area contributed by atoms with Crippen molar-refractivity contribution in [2.45, 2.75) is 13.8 Å². The summed E-state index contributed by atoms with van der Waals surface area (Å²) < 4.78 is 0. The van der Waals surface area contributed by atoms with Crippen LogP contribution in [-0.4, -0.2) is 10.9 Å². The number of carbonyl (C=O) groups excluding carboxylic acids is 1. The predicted molar refractivity (Wildman–Crippen MR) is 88.4 cm³/mol. The molecule has 1 heterocycles. The molecule has 2 N–H and O–H groups in total. The molecule has 22 heavy (non-hydrogen) atoms. The standard InChI is InChI=1S/C18H16N2O2/c1-11-7-3-5-9-14(11)19-17(21)16-12(2)13-8-4-6-10-15(13)20-18(16)22/h3-10H,1-2H3,(H,19,21)(H,20,22). The Bertz CT molecular complexity index is 926. The van der Waals surface area contributed by atoms with Gasteiger partial charge in [-0.15, -0.1) is 0 Å². The maximum Gasteiger partial charge on any atom is 0.261 e. The van der Waals surface area contributed by atoms with Gasteiger partial charge < -0.3 is 10.3 Å². The summed E-state index contributed by atoms with van der Waals surface area (Å²) in [7, 11) is 0. The maximum absolute atomic E-state index is 12.5. The van der Waals surface area contributed by atoms with Gasteiger partial charge in [0.25, 0.3) is 11.5 Å². The molecule has 0 fully saturated rings. The van der Waals surface area contributed by atoms with Crippen molar-refractivity contribution in [3.63, 3.8) is 0 Å². The van der Waals surface area contributed by atoms with Gasteiger partial charge in [-0.3, -0.25) is 9.59 Å². The normalized spacial score (nSPS) is 10.6. The lowest BCUT2D eigenvalue weighted by molar-refractivity contribution is 0.102. The minimum Gasteiger partial charge on any atom is -0.322 e. The van der Waals surface area contributed by atoms with Gasteiger partial charge in [-0.25, -0.2) is 0 Å². The Morgan fingerprint density at radius 3 is 2.45 bits per heavy atom. The highest BCUT2D eigenvalue weighted by atomic mass is 16.2. The van der Waals surface area contributed by atoms with Crippen LogP contribution in [0.5, 0.6) is 0 Å². The van der Waals surface area contributed by atoms with Crippen LogP contribution >= 0.6 is 0 Å². The summed E-state index contributed by atoms with van der Waals surface area (Å²) >= 11 is 0. The average Bonchev–Trinajstić information content (AvgIpc) is 2.49. The highest BCUT2D eigenvalue weighted by molar-refractivity contribution is 6.07. The number of amides is 1. The van der Waals surface area contributed by atoms with Crippen molar-refractivity contribution in [3.05, 3.63) is 75.6 Å². The van der Waals surface area contributed by atoms with Crippen LogP contribution in [0.15, 0.2) is 53.3 Å². The van der Waals surface area contributed by atoms with Crippen LogP contribution in [0, 0.1) is 13.8 Å². The summed E-state index contributed by atoms with van der Waals surface area (Å²) in [5.41, 5.74) is 2.86. The number of anilines is 1. The average molecular weight is 292 g/mol. The van der Waals surface area contributed by atoms with E-state index in [4.69, 9.17) is 0 Å². The lowest BCUT2D eigenvalue weighted by atomic mass is 10.0. The molecule has 0 aliphatic rings. The van der Waals surface area contributed by atoms with Gasteiger partial charge in [0.05, 0.1) is 0 Å². The van der Waals surface area contributed by atoms with Crippen molar-refractivity contribution in [2.75, 3.05) is 5.32 Å². The van der Waals surface area contributed by atoms with E-state index in [0.29, 0.717) is 11.3 Å². The first-order valence-electron chi connectivity index (χ1n) is 7.06. The van der Waals surface area contributed by atoms with Crippen LogP contribution in [-0.2, 0) is 0 Å². The zero-order valence-corrected chi connectivity index (χ0v) is 12.4. The Kier molecular flexibility index (Phi) is 3.51. The third kappa shape index (κ3) is 2.39. The predicted octanol–water partition coefficient (Wildman–Crippen LogP) is 3.40. The number of para-hydroxylation sites is 2. The summed E-state index contributed by atoms with van der Waals surface area (Å²) in [5.74, 6) is -0.390. The topological polar surface area (TPSA) is 62.0 Å². The van der Waals surface area contributed by atoms with Crippen LogP contribution in [0.4, 0.5) is 5.69 Å². The minimum atomic E-state index is -0.390. The van der Waals surface area contributed by atoms with Crippen molar-refractivity contribution in [1.29, 1.82) is 0 Å². The molecule has 0 radical (unpaired) electrons. The number of rotatable bonds is 2. The largest absolute Gasteiger partial charge is 0.322 e. The fourth-order valence-corrected chi connectivity index (χ4v) is 2.58. The lowest BCUT2D eigenvalue weighted by Crippen LogP contribution is -2.25. The molecule has 0 aliphatic carbocycles. The molecule has 0 saturated carbocycles. The second kappa shape index (κ2) is 5.48. The number of H-pyrrole nitrogens is 1. The van der Waals surface area contributed by atoms with Crippen molar-refractivity contribution < 1.29 is 4.79 Å². The van der Waals surface area contributed by atoms with E-state index in [9.17, 15) is 9.59 Å². The van der Waals surface area contributed by atoms with E-state index in [0.717, 1.165) is 16.5 Å². The maximum atomic E-state index is 12.5. The van der Waals surface area contributed by atoms with E-state index in [-0.39, 0.29) is 17.0 Å². The van der Waals surface area contributed by atoms with Gasteiger partial charge in [0.1, 0.15) is 5.56 Å². The van der Waals surface area contributed by atoms with Crippen molar-refractivity contribution in [3.8, 4) is 0 Å². The van der Waals surface area contributed by atoms with Crippen LogP contribution in [0.3, 0.4) is 0 Å². The van der Waals surface area contributed by atoms with E-state index >= 15 is 0 Å². The number of nitrogens with one attached hydrogen (secondary N) is 2. The lowest BCUT2D eigenvalue weighted by Gasteiger charge is -2.11. The second-order valence-electron chi connectivity index (χ2n) is 5.27. The van der Waals surface area contributed by atoms with Gasteiger partial charge in [0, 0.05) is 16.6 Å². The van der Waals surface area contributed by atoms with Gasteiger partial charge in [-0.05, 0) is 37.1 Å². The van der Waals surface area contributed by atoms with E-state index in [1.54, 1.807) is 6.92 Å². The van der Waals surface area contributed by atoms with Crippen molar-refractivity contribution >= 4 is 22.5 Å². The van der Waals surface area contributed by atoms with Crippen LogP contribution in [0.1, 0.15) is 21.5 Å². The molecule has 4 nitrogen and oxygen atoms in total. The number of hydrogen-bond acceptors (Lipinski definition) is 2. The zero-order chi connectivity index (χ0) is 15.7. The van der Waals surface area contributed by atoms with Crippen LogP contribution in [0.25, 0.3) is 10.9 Å². The van der Waals surface area contributed by atoms with E-state index in [1.807, 2.05) is 55.5 Å². The van der Waals surface area contributed by atoms with Crippen molar-refractivity contribution in [1.82, 2.24) is 4.98 Å². The quantitative estimate of drug-likeness (QED) is 0.760. The molecule has 0 bridgehead atoms. The monoisotopic (exact) mass is 292 g/mol. The first kappa shape index (κ1) is 14.1. The molecule has 0 unspecified atom stereocenters. The minimum absolute atomic E-state index is 0.155. The number of pyridine rings is 1. The Morgan fingerprint density at radius 2 is 1.68 bits per heavy atom. The molecular formula is C18H16N2O2. The molecule has 0 atom stereocenters. The highest BCUT2D eigenvalue weighted by Gasteiger charge is 2.17. The molecule has 3 aromatic rings. The molecule has 1 aromatic heterocycles. The zero-order valence-electron chi connectivity index (χ0n) is 12.4. The fourth-order valence-electron chi connectivity index (χ4n) is 2.58. The molecule has 3 rings (SSSR count). The summed E-state index contributed by atoms with van der Waals surface area (Å²) in [6.45, 7) is 3.71. The summed E-state index contributed by atoms with van der Waals surface area (Å²) in [4.78, 5) is 27.5. The van der Waals surface area contributed by atoms with Gasteiger partial charge in [-0.2, -0.15) is 0 Å². The number of aromatic nitrogens is 1. The van der Waals surface area contributed by atoms with E-state index in [2.05, 4.69) is 10.3 Å². The molecule has 0 aliphatic heterocycles. The number of aromatic amines is 1. The smallest absolute Gasteiger partial charge is 0.261 e. The fraction of sp³-hybridized carbons (Fsp3) is 0.111. The Balaban J connectivity index is 2.08. The van der Waals surface area contributed by atoms with E-state index in [1.165, 1.54) is 0 Å².